The Morgan fingerprint density at radius 3 is 2.45 bits per heavy atom. The van der Waals surface area contributed by atoms with Crippen LogP contribution in [0, 0.1) is 0 Å². The van der Waals surface area contributed by atoms with E-state index in [-0.39, 0.29) is 12.4 Å². The number of furan rings is 1. The van der Waals surface area contributed by atoms with Crippen molar-refractivity contribution in [1.29, 1.82) is 0 Å². The van der Waals surface area contributed by atoms with E-state index >= 15 is 0 Å². The van der Waals surface area contributed by atoms with Crippen molar-refractivity contribution in [1.82, 2.24) is 5.32 Å². The molecule has 2 N–H and O–H groups in total. The van der Waals surface area contributed by atoms with Crippen molar-refractivity contribution in [2.45, 2.75) is 36.6 Å². The molecule has 120 valence electrons. The summed E-state index contributed by atoms with van der Waals surface area (Å²) in [4.78, 5) is 12.1. The van der Waals surface area contributed by atoms with Gasteiger partial charge in [0.2, 0.25) is 0 Å². The molecule has 22 heavy (non-hydrogen) atoms. The summed E-state index contributed by atoms with van der Waals surface area (Å²) in [5, 5.41) is 12.4. The number of thioether (sulfide) groups is 1. The first-order chi connectivity index (χ1) is 9.97. The van der Waals surface area contributed by atoms with Crippen molar-refractivity contribution in [2.75, 3.05) is 0 Å². The third-order valence-electron chi connectivity index (χ3n) is 3.02. The predicted molar refractivity (Wildman–Crippen MR) is 90.5 cm³/mol. The topological polar surface area (TPSA) is 62.5 Å². The number of aliphatic carboxylic acids is 1. The fraction of sp³-hybridized carbons (Fsp3) is 0.312. The van der Waals surface area contributed by atoms with Crippen LogP contribution in [-0.4, -0.2) is 15.8 Å². The van der Waals surface area contributed by atoms with Gasteiger partial charge in [-0.15, -0.1) is 24.2 Å². The Bertz CT molecular complexity index is 582. The first-order valence-corrected chi connectivity index (χ1v) is 7.53. The van der Waals surface area contributed by atoms with E-state index in [2.05, 4.69) is 5.32 Å². The summed E-state index contributed by atoms with van der Waals surface area (Å²) in [7, 11) is 0. The molecule has 0 aliphatic carbocycles. The monoisotopic (exact) mass is 341 g/mol. The van der Waals surface area contributed by atoms with E-state index in [0.29, 0.717) is 6.54 Å². The minimum absolute atomic E-state index is 0. The molecule has 1 heterocycles. The standard InChI is InChI=1S/C16H19NO3S.ClH/c1-16(2,15(18)19)21-14-7-5-12(6-8-14)10-17-11-13-4-3-9-20-13;/h3-9,17H,10-11H2,1-2H3,(H,18,19);1H. The van der Waals surface area contributed by atoms with Crippen LogP contribution in [0.3, 0.4) is 0 Å². The Balaban J connectivity index is 0.00000242. The molecule has 0 aliphatic heterocycles. The summed E-state index contributed by atoms with van der Waals surface area (Å²) < 4.78 is 4.43. The van der Waals surface area contributed by atoms with Crippen LogP contribution in [-0.2, 0) is 17.9 Å². The molecule has 6 heteroatoms. The van der Waals surface area contributed by atoms with Crippen LogP contribution in [0.5, 0.6) is 0 Å². The van der Waals surface area contributed by atoms with Crippen LogP contribution < -0.4 is 5.32 Å². The Hall–Kier alpha value is -1.43. The fourth-order valence-corrected chi connectivity index (χ4v) is 2.71. The molecule has 4 nitrogen and oxygen atoms in total. The van der Waals surface area contributed by atoms with Crippen molar-refractivity contribution in [2.24, 2.45) is 0 Å². The third-order valence-corrected chi connectivity index (χ3v) is 4.21. The van der Waals surface area contributed by atoms with E-state index in [1.807, 2.05) is 36.4 Å². The van der Waals surface area contributed by atoms with Crippen LogP contribution in [0.4, 0.5) is 0 Å². The van der Waals surface area contributed by atoms with E-state index in [4.69, 9.17) is 9.52 Å². The fourth-order valence-electron chi connectivity index (χ4n) is 1.76. The highest BCUT2D eigenvalue weighted by Gasteiger charge is 2.28. The Kier molecular flexibility index (Phi) is 7.00. The minimum atomic E-state index is -0.820. The maximum Gasteiger partial charge on any atom is 0.319 e. The van der Waals surface area contributed by atoms with E-state index in [1.165, 1.54) is 11.8 Å². The summed E-state index contributed by atoms with van der Waals surface area (Å²) in [6.45, 7) is 4.85. The molecular weight excluding hydrogens is 322 g/mol. The minimum Gasteiger partial charge on any atom is -0.480 e. The van der Waals surface area contributed by atoms with Crippen LogP contribution in [0.15, 0.2) is 52.0 Å². The largest absolute Gasteiger partial charge is 0.480 e. The molecule has 0 spiro atoms. The van der Waals surface area contributed by atoms with Gasteiger partial charge in [-0.3, -0.25) is 4.79 Å². The molecule has 2 rings (SSSR count). The highest BCUT2D eigenvalue weighted by atomic mass is 35.5. The smallest absolute Gasteiger partial charge is 0.319 e. The number of rotatable bonds is 7. The van der Waals surface area contributed by atoms with Gasteiger partial charge in [0, 0.05) is 11.4 Å². The SMILES string of the molecule is CC(C)(Sc1ccc(CNCc2ccco2)cc1)C(=O)O.Cl. The zero-order valence-corrected chi connectivity index (χ0v) is 14.2. The lowest BCUT2D eigenvalue weighted by atomic mass is 10.2. The maximum atomic E-state index is 11.1. The number of hydrogen-bond donors (Lipinski definition) is 2. The van der Waals surface area contributed by atoms with Crippen LogP contribution >= 0.6 is 24.2 Å². The lowest BCUT2D eigenvalue weighted by Gasteiger charge is -2.18. The van der Waals surface area contributed by atoms with E-state index in [0.717, 1.165) is 22.8 Å². The van der Waals surface area contributed by atoms with Gasteiger partial charge in [-0.2, -0.15) is 0 Å². The van der Waals surface area contributed by atoms with Gasteiger partial charge in [-0.05, 0) is 43.7 Å². The summed E-state index contributed by atoms with van der Waals surface area (Å²) in [5.41, 5.74) is 1.15. The Labute approximate surface area is 140 Å². The molecule has 0 saturated heterocycles. The summed E-state index contributed by atoms with van der Waals surface area (Å²) in [6, 6.07) is 11.7. The van der Waals surface area contributed by atoms with Gasteiger partial charge < -0.3 is 14.8 Å². The van der Waals surface area contributed by atoms with Gasteiger partial charge in [0.15, 0.2) is 0 Å². The normalized spacial score (nSPS) is 11.0. The third kappa shape index (κ3) is 5.40. The summed E-state index contributed by atoms with van der Waals surface area (Å²) in [6.07, 6.45) is 1.66. The molecule has 2 aromatic rings. The molecule has 1 aromatic carbocycles. The van der Waals surface area contributed by atoms with Gasteiger partial charge in [0.05, 0.1) is 12.8 Å². The quantitative estimate of drug-likeness (QED) is 0.747. The molecule has 0 unspecified atom stereocenters. The van der Waals surface area contributed by atoms with Gasteiger partial charge in [0.1, 0.15) is 10.5 Å². The van der Waals surface area contributed by atoms with Crippen molar-refractivity contribution in [3.8, 4) is 0 Å². The molecule has 0 saturated carbocycles. The number of carbonyl (C=O) groups is 1. The average molecular weight is 342 g/mol. The molecule has 0 aliphatic rings. The van der Waals surface area contributed by atoms with Crippen LogP contribution in [0.1, 0.15) is 25.2 Å². The second kappa shape index (κ2) is 8.27. The second-order valence-corrected chi connectivity index (χ2v) is 6.94. The van der Waals surface area contributed by atoms with Crippen molar-refractivity contribution < 1.29 is 14.3 Å². The zero-order chi connectivity index (χ0) is 15.3. The van der Waals surface area contributed by atoms with Crippen LogP contribution in [0.2, 0.25) is 0 Å². The molecule has 0 fully saturated rings. The van der Waals surface area contributed by atoms with E-state index < -0.39 is 10.7 Å². The predicted octanol–water partition coefficient (Wildman–Crippen LogP) is 3.95. The number of carboxylic acids is 1. The average Bonchev–Trinajstić information content (AvgIpc) is 2.93. The van der Waals surface area contributed by atoms with Crippen molar-refractivity contribution in [3.05, 3.63) is 54.0 Å². The van der Waals surface area contributed by atoms with Gasteiger partial charge >= 0.3 is 5.97 Å². The number of carboxylic acid groups (broad SMARTS) is 1. The number of benzene rings is 1. The molecule has 0 radical (unpaired) electrons. The van der Waals surface area contributed by atoms with Crippen molar-refractivity contribution in [3.63, 3.8) is 0 Å². The van der Waals surface area contributed by atoms with Gasteiger partial charge in [-0.1, -0.05) is 12.1 Å². The van der Waals surface area contributed by atoms with Gasteiger partial charge in [-0.25, -0.2) is 0 Å². The second-order valence-electron chi connectivity index (χ2n) is 5.24. The van der Waals surface area contributed by atoms with Crippen LogP contribution in [0.25, 0.3) is 0 Å². The first kappa shape index (κ1) is 18.6. The lowest BCUT2D eigenvalue weighted by molar-refractivity contribution is -0.138. The molecule has 0 amide bonds. The molecular formula is C16H20ClNO3S. The van der Waals surface area contributed by atoms with Crippen molar-refractivity contribution >= 4 is 30.1 Å². The number of hydrogen-bond acceptors (Lipinski definition) is 4. The number of halogens is 1. The Morgan fingerprint density at radius 2 is 1.91 bits per heavy atom. The summed E-state index contributed by atoms with van der Waals surface area (Å²) >= 11 is 1.35. The molecule has 0 atom stereocenters. The lowest BCUT2D eigenvalue weighted by Crippen LogP contribution is -2.26. The van der Waals surface area contributed by atoms with E-state index in [9.17, 15) is 4.79 Å². The first-order valence-electron chi connectivity index (χ1n) is 6.72. The number of nitrogens with one attached hydrogen (secondary N) is 1. The zero-order valence-electron chi connectivity index (χ0n) is 12.5. The maximum absolute atomic E-state index is 11.1. The molecule has 1 aromatic heterocycles. The van der Waals surface area contributed by atoms with E-state index in [1.54, 1.807) is 20.1 Å². The highest BCUT2D eigenvalue weighted by molar-refractivity contribution is 8.01. The summed E-state index contributed by atoms with van der Waals surface area (Å²) in [5.74, 6) is 0.0991. The Morgan fingerprint density at radius 1 is 1.23 bits per heavy atom. The highest BCUT2D eigenvalue weighted by Crippen LogP contribution is 2.32. The van der Waals surface area contributed by atoms with Gasteiger partial charge in [0.25, 0.3) is 0 Å². The molecule has 0 bridgehead atoms.